The van der Waals surface area contributed by atoms with Gasteiger partial charge in [-0.1, -0.05) is 26.0 Å². The summed E-state index contributed by atoms with van der Waals surface area (Å²) in [4.78, 5) is 11.4. The summed E-state index contributed by atoms with van der Waals surface area (Å²) in [6.45, 7) is 4.52. The lowest BCUT2D eigenvalue weighted by Crippen LogP contribution is -2.03. The average molecular weight is 309 g/mol. The fourth-order valence-corrected chi connectivity index (χ4v) is 2.22. The third kappa shape index (κ3) is 4.10. The Labute approximate surface area is 136 Å². The molecule has 0 N–H and O–H groups in total. The predicted octanol–water partition coefficient (Wildman–Crippen LogP) is 4.05. The first-order valence-electron chi connectivity index (χ1n) is 7.39. The molecular weight excluding hydrogens is 290 g/mol. The molecule has 0 radical (unpaired) electrons. The molecule has 2 rings (SSSR count). The van der Waals surface area contributed by atoms with Crippen molar-refractivity contribution in [3.05, 3.63) is 64.7 Å². The van der Waals surface area contributed by atoms with Crippen LogP contribution in [0.25, 0.3) is 0 Å². The normalized spacial score (nSPS) is 10.2. The molecule has 0 spiro atoms. The van der Waals surface area contributed by atoms with Gasteiger partial charge in [0.2, 0.25) is 0 Å². The number of carbonyl (C=O) groups excluding carboxylic acids is 1. The maximum atomic E-state index is 11.4. The van der Waals surface area contributed by atoms with E-state index in [4.69, 9.17) is 10.00 Å². The Balaban J connectivity index is 2.12. The molecule has 0 fully saturated rings. The average Bonchev–Trinajstić information content (AvgIpc) is 2.59. The van der Waals surface area contributed by atoms with Gasteiger partial charge < -0.3 is 9.47 Å². The first kappa shape index (κ1) is 16.6. The van der Waals surface area contributed by atoms with Gasteiger partial charge in [-0.15, -0.1) is 0 Å². The molecule has 0 saturated heterocycles. The number of methoxy groups -OCH3 is 1. The molecule has 2 aromatic carbocycles. The van der Waals surface area contributed by atoms with Gasteiger partial charge in [0.1, 0.15) is 12.4 Å². The second-order valence-corrected chi connectivity index (χ2v) is 5.50. The van der Waals surface area contributed by atoms with Crippen LogP contribution >= 0.6 is 0 Å². The molecule has 0 aromatic heterocycles. The van der Waals surface area contributed by atoms with Crippen molar-refractivity contribution in [2.45, 2.75) is 26.4 Å². The zero-order valence-electron chi connectivity index (χ0n) is 13.5. The van der Waals surface area contributed by atoms with E-state index < -0.39 is 0 Å². The van der Waals surface area contributed by atoms with Gasteiger partial charge in [0.05, 0.1) is 24.3 Å². The molecule has 23 heavy (non-hydrogen) atoms. The van der Waals surface area contributed by atoms with Crippen molar-refractivity contribution < 1.29 is 14.3 Å². The smallest absolute Gasteiger partial charge is 0.337 e. The minimum absolute atomic E-state index is 0.264. The van der Waals surface area contributed by atoms with E-state index in [0.717, 1.165) is 16.9 Å². The first-order valence-corrected chi connectivity index (χ1v) is 7.39. The van der Waals surface area contributed by atoms with Crippen molar-refractivity contribution in [1.82, 2.24) is 0 Å². The minimum atomic E-state index is -0.355. The lowest BCUT2D eigenvalue weighted by Gasteiger charge is -2.14. The molecule has 0 bridgehead atoms. The quantitative estimate of drug-likeness (QED) is 0.782. The second kappa shape index (κ2) is 7.46. The molecule has 118 valence electrons. The van der Waals surface area contributed by atoms with Gasteiger partial charge >= 0.3 is 5.97 Å². The number of nitriles is 1. The Bertz CT molecular complexity index is 727. The molecule has 0 saturated carbocycles. The number of esters is 1. The Morgan fingerprint density at radius 3 is 2.43 bits per heavy atom. The van der Waals surface area contributed by atoms with Crippen molar-refractivity contribution in [3.8, 4) is 11.8 Å². The van der Waals surface area contributed by atoms with Crippen LogP contribution in [0.1, 0.15) is 46.8 Å². The maximum Gasteiger partial charge on any atom is 0.337 e. The molecular formula is C19H19NO3. The summed E-state index contributed by atoms with van der Waals surface area (Å²) in [5, 5.41) is 9.01. The summed E-state index contributed by atoms with van der Waals surface area (Å²) in [5.74, 6) is 0.683. The molecule has 0 aliphatic carbocycles. The summed E-state index contributed by atoms with van der Waals surface area (Å²) in [5.41, 5.74) is 3.10. The van der Waals surface area contributed by atoms with Gasteiger partial charge in [-0.3, -0.25) is 0 Å². The van der Waals surface area contributed by atoms with Crippen LogP contribution in [0.15, 0.2) is 42.5 Å². The van der Waals surface area contributed by atoms with Gasteiger partial charge in [0.15, 0.2) is 0 Å². The summed E-state index contributed by atoms with van der Waals surface area (Å²) < 4.78 is 10.6. The molecule has 0 unspecified atom stereocenters. The van der Waals surface area contributed by atoms with E-state index in [0.29, 0.717) is 17.7 Å². The third-order valence-corrected chi connectivity index (χ3v) is 3.53. The SMILES string of the molecule is COC(=O)c1ccc(COc2ccc(C#N)cc2C(C)C)cc1. The zero-order chi connectivity index (χ0) is 16.8. The summed E-state index contributed by atoms with van der Waals surface area (Å²) >= 11 is 0. The maximum absolute atomic E-state index is 11.4. The van der Waals surface area contributed by atoms with E-state index in [-0.39, 0.29) is 11.9 Å². The number of carbonyl (C=O) groups is 1. The summed E-state index contributed by atoms with van der Waals surface area (Å²) in [6, 6.07) is 14.7. The molecule has 0 aliphatic heterocycles. The number of ether oxygens (including phenoxy) is 2. The Morgan fingerprint density at radius 1 is 1.17 bits per heavy atom. The van der Waals surface area contributed by atoms with Gasteiger partial charge in [-0.05, 0) is 47.4 Å². The molecule has 0 aliphatic rings. The fraction of sp³-hybridized carbons (Fsp3) is 0.263. The number of hydrogen-bond acceptors (Lipinski definition) is 4. The summed E-state index contributed by atoms with van der Waals surface area (Å²) in [6.07, 6.45) is 0. The molecule has 0 atom stereocenters. The van der Waals surface area contributed by atoms with E-state index in [1.54, 1.807) is 18.2 Å². The lowest BCUT2D eigenvalue weighted by molar-refractivity contribution is 0.0600. The Kier molecular flexibility index (Phi) is 5.37. The molecule has 2 aromatic rings. The molecule has 4 heteroatoms. The monoisotopic (exact) mass is 309 g/mol. The highest BCUT2D eigenvalue weighted by Crippen LogP contribution is 2.28. The topological polar surface area (TPSA) is 59.3 Å². The predicted molar refractivity (Wildman–Crippen MR) is 87.4 cm³/mol. The van der Waals surface area contributed by atoms with Crippen molar-refractivity contribution >= 4 is 5.97 Å². The Hall–Kier alpha value is -2.80. The van der Waals surface area contributed by atoms with Crippen LogP contribution in [0.5, 0.6) is 5.75 Å². The number of nitrogens with zero attached hydrogens (tertiary/aromatic N) is 1. The van der Waals surface area contributed by atoms with Crippen LogP contribution in [0.4, 0.5) is 0 Å². The molecule has 0 amide bonds. The van der Waals surface area contributed by atoms with Gasteiger partial charge in [-0.2, -0.15) is 5.26 Å². The van der Waals surface area contributed by atoms with E-state index in [2.05, 4.69) is 24.7 Å². The van der Waals surface area contributed by atoms with Crippen LogP contribution in [-0.2, 0) is 11.3 Å². The number of benzene rings is 2. The van der Waals surface area contributed by atoms with Crippen molar-refractivity contribution in [2.24, 2.45) is 0 Å². The van der Waals surface area contributed by atoms with Crippen LogP contribution in [0.2, 0.25) is 0 Å². The third-order valence-electron chi connectivity index (χ3n) is 3.53. The lowest BCUT2D eigenvalue weighted by atomic mass is 10.00. The zero-order valence-corrected chi connectivity index (χ0v) is 13.5. The molecule has 0 heterocycles. The van der Waals surface area contributed by atoms with E-state index in [1.165, 1.54) is 7.11 Å². The van der Waals surface area contributed by atoms with Gasteiger partial charge in [0.25, 0.3) is 0 Å². The van der Waals surface area contributed by atoms with E-state index >= 15 is 0 Å². The largest absolute Gasteiger partial charge is 0.489 e. The van der Waals surface area contributed by atoms with Gasteiger partial charge in [0, 0.05) is 0 Å². The molecule has 4 nitrogen and oxygen atoms in total. The van der Waals surface area contributed by atoms with Crippen LogP contribution in [0, 0.1) is 11.3 Å². The highest BCUT2D eigenvalue weighted by Gasteiger charge is 2.10. The fourth-order valence-electron chi connectivity index (χ4n) is 2.22. The minimum Gasteiger partial charge on any atom is -0.489 e. The highest BCUT2D eigenvalue weighted by atomic mass is 16.5. The second-order valence-electron chi connectivity index (χ2n) is 5.50. The Morgan fingerprint density at radius 2 is 1.87 bits per heavy atom. The summed E-state index contributed by atoms with van der Waals surface area (Å²) in [7, 11) is 1.36. The van der Waals surface area contributed by atoms with Crippen LogP contribution in [-0.4, -0.2) is 13.1 Å². The van der Waals surface area contributed by atoms with Crippen molar-refractivity contribution in [2.75, 3.05) is 7.11 Å². The van der Waals surface area contributed by atoms with Crippen LogP contribution in [0.3, 0.4) is 0 Å². The standard InChI is InChI=1S/C19H19NO3/c1-13(2)17-10-15(11-20)6-9-18(17)23-12-14-4-7-16(8-5-14)19(21)22-3/h4-10,13H,12H2,1-3H3. The highest BCUT2D eigenvalue weighted by molar-refractivity contribution is 5.89. The van der Waals surface area contributed by atoms with E-state index in [1.807, 2.05) is 24.3 Å². The van der Waals surface area contributed by atoms with Crippen molar-refractivity contribution in [3.63, 3.8) is 0 Å². The van der Waals surface area contributed by atoms with E-state index in [9.17, 15) is 4.79 Å². The first-order chi connectivity index (χ1) is 11.0. The number of rotatable bonds is 5. The van der Waals surface area contributed by atoms with Crippen LogP contribution < -0.4 is 4.74 Å². The van der Waals surface area contributed by atoms with Gasteiger partial charge in [-0.25, -0.2) is 4.79 Å². The van der Waals surface area contributed by atoms with Crippen molar-refractivity contribution in [1.29, 1.82) is 5.26 Å². The number of hydrogen-bond donors (Lipinski definition) is 0.